The van der Waals surface area contributed by atoms with Crippen LogP contribution in [-0.4, -0.2) is 41.8 Å². The highest BCUT2D eigenvalue weighted by molar-refractivity contribution is 5.74. The lowest BCUT2D eigenvalue weighted by molar-refractivity contribution is 0.0799. The van der Waals surface area contributed by atoms with Crippen molar-refractivity contribution in [1.29, 1.82) is 0 Å². The summed E-state index contributed by atoms with van der Waals surface area (Å²) >= 11 is 0. The maximum atomic E-state index is 13.4. The molecule has 0 saturated carbocycles. The van der Waals surface area contributed by atoms with Crippen molar-refractivity contribution in [3.8, 4) is 0 Å². The van der Waals surface area contributed by atoms with Gasteiger partial charge in [0.2, 0.25) is 0 Å². The Kier molecular flexibility index (Phi) is 5.56. The van der Waals surface area contributed by atoms with Gasteiger partial charge < -0.3 is 15.3 Å². The largest absolute Gasteiger partial charge is 0.393 e. The molecule has 1 aliphatic rings. The Hall–Kier alpha value is -1.62. The fourth-order valence-corrected chi connectivity index (χ4v) is 2.70. The number of rotatable bonds is 4. The van der Waals surface area contributed by atoms with Gasteiger partial charge >= 0.3 is 6.03 Å². The number of aliphatic hydroxyl groups excluding tert-OH is 1. The lowest BCUT2D eigenvalue weighted by Crippen LogP contribution is -2.46. The minimum atomic E-state index is -0.309. The van der Waals surface area contributed by atoms with E-state index in [9.17, 15) is 14.3 Å². The fourth-order valence-electron chi connectivity index (χ4n) is 2.70. The molecule has 2 rings (SSSR count). The average molecular weight is 294 g/mol. The number of benzene rings is 1. The Morgan fingerprint density at radius 3 is 2.71 bits per heavy atom. The Morgan fingerprint density at radius 1 is 1.43 bits per heavy atom. The van der Waals surface area contributed by atoms with Gasteiger partial charge in [-0.25, -0.2) is 9.18 Å². The van der Waals surface area contributed by atoms with Crippen LogP contribution in [0.15, 0.2) is 24.3 Å². The van der Waals surface area contributed by atoms with E-state index in [-0.39, 0.29) is 23.9 Å². The highest BCUT2D eigenvalue weighted by Gasteiger charge is 2.25. The number of likely N-dealkylation sites (tertiary alicyclic amines) is 1. The molecular formula is C16H23FN2O2. The minimum absolute atomic E-state index is 0.101. The van der Waals surface area contributed by atoms with E-state index >= 15 is 0 Å². The SMILES string of the molecule is CC(O)C1CCN(C(=O)NCCc2ccccc2F)CC1. The number of hydrogen-bond acceptors (Lipinski definition) is 2. The lowest BCUT2D eigenvalue weighted by Gasteiger charge is -2.33. The van der Waals surface area contributed by atoms with Gasteiger partial charge in [-0.3, -0.25) is 0 Å². The number of amides is 2. The predicted molar refractivity (Wildman–Crippen MR) is 79.5 cm³/mol. The average Bonchev–Trinajstić information content (AvgIpc) is 2.49. The molecule has 2 N–H and O–H groups in total. The third kappa shape index (κ3) is 4.43. The van der Waals surface area contributed by atoms with Crippen molar-refractivity contribution in [1.82, 2.24) is 10.2 Å². The molecule has 1 saturated heterocycles. The number of hydrogen-bond donors (Lipinski definition) is 2. The van der Waals surface area contributed by atoms with Gasteiger partial charge in [0.25, 0.3) is 0 Å². The van der Waals surface area contributed by atoms with Crippen LogP contribution < -0.4 is 5.32 Å². The summed E-state index contributed by atoms with van der Waals surface area (Å²) in [6.07, 6.45) is 1.84. The third-order valence-corrected chi connectivity index (χ3v) is 4.14. The summed E-state index contributed by atoms with van der Waals surface area (Å²) in [4.78, 5) is 13.8. The van der Waals surface area contributed by atoms with E-state index in [1.807, 2.05) is 0 Å². The Labute approximate surface area is 125 Å². The summed E-state index contributed by atoms with van der Waals surface area (Å²) in [6, 6.07) is 6.51. The number of urea groups is 1. The van der Waals surface area contributed by atoms with Crippen LogP contribution in [0.4, 0.5) is 9.18 Å². The smallest absolute Gasteiger partial charge is 0.317 e. The van der Waals surface area contributed by atoms with E-state index in [1.165, 1.54) is 6.07 Å². The number of piperidine rings is 1. The van der Waals surface area contributed by atoms with Crippen LogP contribution in [0.1, 0.15) is 25.3 Å². The highest BCUT2D eigenvalue weighted by atomic mass is 19.1. The quantitative estimate of drug-likeness (QED) is 0.894. The second-order valence-electron chi connectivity index (χ2n) is 5.64. The van der Waals surface area contributed by atoms with Crippen LogP contribution in [0.2, 0.25) is 0 Å². The van der Waals surface area contributed by atoms with Crippen molar-refractivity contribution in [3.05, 3.63) is 35.6 Å². The molecule has 21 heavy (non-hydrogen) atoms. The molecule has 0 radical (unpaired) electrons. The molecule has 1 unspecified atom stereocenters. The summed E-state index contributed by atoms with van der Waals surface area (Å²) in [5.74, 6) is 0.0527. The van der Waals surface area contributed by atoms with Crippen LogP contribution in [0.5, 0.6) is 0 Å². The van der Waals surface area contributed by atoms with Crippen molar-refractivity contribution < 1.29 is 14.3 Å². The molecule has 5 heteroatoms. The molecule has 0 bridgehead atoms. The number of nitrogens with one attached hydrogen (secondary N) is 1. The number of halogens is 1. The first-order valence-corrected chi connectivity index (χ1v) is 7.52. The van der Waals surface area contributed by atoms with Gasteiger partial charge in [0.1, 0.15) is 5.82 Å². The van der Waals surface area contributed by atoms with Gasteiger partial charge in [0, 0.05) is 19.6 Å². The van der Waals surface area contributed by atoms with Gasteiger partial charge in [0.15, 0.2) is 0 Å². The van der Waals surface area contributed by atoms with E-state index in [0.29, 0.717) is 31.6 Å². The molecule has 2 amide bonds. The maximum absolute atomic E-state index is 13.4. The zero-order chi connectivity index (χ0) is 15.2. The molecule has 1 atom stereocenters. The van der Waals surface area contributed by atoms with E-state index in [2.05, 4.69) is 5.32 Å². The number of aliphatic hydroxyl groups is 1. The Morgan fingerprint density at radius 2 is 2.10 bits per heavy atom. The normalized spacial score (nSPS) is 17.6. The summed E-state index contributed by atoms with van der Waals surface area (Å²) in [5, 5.41) is 12.4. The molecule has 1 aromatic carbocycles. The van der Waals surface area contributed by atoms with E-state index < -0.39 is 0 Å². The summed E-state index contributed by atoms with van der Waals surface area (Å²) in [7, 11) is 0. The lowest BCUT2D eigenvalue weighted by atomic mass is 9.92. The number of nitrogens with zero attached hydrogens (tertiary/aromatic N) is 1. The first kappa shape index (κ1) is 15.8. The zero-order valence-corrected chi connectivity index (χ0v) is 12.4. The monoisotopic (exact) mass is 294 g/mol. The van der Waals surface area contributed by atoms with Crippen molar-refractivity contribution >= 4 is 6.03 Å². The van der Waals surface area contributed by atoms with E-state index in [1.54, 1.807) is 30.0 Å². The maximum Gasteiger partial charge on any atom is 0.317 e. The predicted octanol–water partition coefficient (Wildman–Crippen LogP) is 2.17. The molecular weight excluding hydrogens is 271 g/mol. The Bertz CT molecular complexity index is 471. The summed E-state index contributed by atoms with van der Waals surface area (Å²) in [6.45, 7) is 3.56. The summed E-state index contributed by atoms with van der Waals surface area (Å²) in [5.41, 5.74) is 0.616. The molecule has 1 fully saturated rings. The van der Waals surface area contributed by atoms with Crippen molar-refractivity contribution in [3.63, 3.8) is 0 Å². The Balaban J connectivity index is 1.72. The standard InChI is InChI=1S/C16H23FN2O2/c1-12(20)13-7-10-19(11-8-13)16(21)18-9-6-14-4-2-3-5-15(14)17/h2-5,12-13,20H,6-11H2,1H3,(H,18,21). The van der Waals surface area contributed by atoms with Crippen LogP contribution in [0.3, 0.4) is 0 Å². The van der Waals surface area contributed by atoms with Crippen molar-refractivity contribution in [2.24, 2.45) is 5.92 Å². The number of carbonyl (C=O) groups is 1. The minimum Gasteiger partial charge on any atom is -0.393 e. The molecule has 0 aromatic heterocycles. The molecule has 4 nitrogen and oxygen atoms in total. The van der Waals surface area contributed by atoms with Crippen LogP contribution in [0.25, 0.3) is 0 Å². The van der Waals surface area contributed by atoms with Gasteiger partial charge in [-0.05, 0) is 43.7 Å². The second kappa shape index (κ2) is 7.41. The second-order valence-corrected chi connectivity index (χ2v) is 5.64. The highest BCUT2D eigenvalue weighted by Crippen LogP contribution is 2.20. The summed E-state index contributed by atoms with van der Waals surface area (Å²) < 4.78 is 13.4. The molecule has 116 valence electrons. The molecule has 0 spiro atoms. The van der Waals surface area contributed by atoms with Crippen LogP contribution in [-0.2, 0) is 6.42 Å². The van der Waals surface area contributed by atoms with Gasteiger partial charge in [-0.1, -0.05) is 18.2 Å². The first-order valence-electron chi connectivity index (χ1n) is 7.52. The first-order chi connectivity index (χ1) is 10.1. The molecule has 1 aromatic rings. The third-order valence-electron chi connectivity index (χ3n) is 4.14. The van der Waals surface area contributed by atoms with E-state index in [4.69, 9.17) is 0 Å². The zero-order valence-electron chi connectivity index (χ0n) is 12.4. The molecule has 1 heterocycles. The topological polar surface area (TPSA) is 52.6 Å². The van der Waals surface area contributed by atoms with Crippen LogP contribution >= 0.6 is 0 Å². The van der Waals surface area contributed by atoms with E-state index in [0.717, 1.165) is 12.8 Å². The fraction of sp³-hybridized carbons (Fsp3) is 0.562. The van der Waals surface area contributed by atoms with Crippen molar-refractivity contribution in [2.45, 2.75) is 32.3 Å². The molecule has 1 aliphatic heterocycles. The van der Waals surface area contributed by atoms with Gasteiger partial charge in [-0.2, -0.15) is 0 Å². The van der Waals surface area contributed by atoms with Gasteiger partial charge in [0.05, 0.1) is 6.10 Å². The molecule has 0 aliphatic carbocycles. The van der Waals surface area contributed by atoms with Crippen molar-refractivity contribution in [2.75, 3.05) is 19.6 Å². The number of carbonyl (C=O) groups excluding carboxylic acids is 1. The van der Waals surface area contributed by atoms with Crippen LogP contribution in [0, 0.1) is 11.7 Å². The van der Waals surface area contributed by atoms with Gasteiger partial charge in [-0.15, -0.1) is 0 Å².